The Bertz CT molecular complexity index is 956. The first-order valence-corrected chi connectivity index (χ1v) is 9.45. The molecule has 0 spiro atoms. The highest BCUT2D eigenvalue weighted by Crippen LogP contribution is 2.52. The molecule has 0 aromatic carbocycles. The van der Waals surface area contributed by atoms with E-state index in [1.54, 1.807) is 19.2 Å². The number of rotatable bonds is 6. The van der Waals surface area contributed by atoms with Gasteiger partial charge in [-0.15, -0.1) is 0 Å². The lowest BCUT2D eigenvalue weighted by Gasteiger charge is -2.32. The van der Waals surface area contributed by atoms with Crippen molar-refractivity contribution in [3.8, 4) is 0 Å². The maximum atomic E-state index is 13.5. The van der Waals surface area contributed by atoms with Gasteiger partial charge in [-0.3, -0.25) is 0 Å². The molecule has 1 unspecified atom stereocenters. The number of amides is 2. The van der Waals surface area contributed by atoms with E-state index in [1.165, 1.54) is 10.7 Å². The van der Waals surface area contributed by atoms with Crippen molar-refractivity contribution in [2.45, 2.75) is 56.5 Å². The molecule has 12 heteroatoms. The molecule has 2 aromatic rings. The van der Waals surface area contributed by atoms with Crippen LogP contribution in [0.5, 0.6) is 0 Å². The van der Waals surface area contributed by atoms with Gasteiger partial charge in [0.15, 0.2) is 11.2 Å². The number of ether oxygens (including phenoxy) is 1. The summed E-state index contributed by atoms with van der Waals surface area (Å²) in [4.78, 5) is 17.1. The standard InChI is InChI=1S/C18H20F5N5O2/c1-11(30-16(2-3-16)18(21,22)23)4-13-8-28-14(26-13)5-12(6-25-28)7-27-10-17(19,20)9-24-15(27)29/h5-6,8,11H,2-4,7,9-10H2,1H3,(H,24,29). The third-order valence-electron chi connectivity index (χ3n) is 5.15. The average molecular weight is 433 g/mol. The van der Waals surface area contributed by atoms with Gasteiger partial charge in [0.2, 0.25) is 0 Å². The van der Waals surface area contributed by atoms with Crippen LogP contribution in [0.25, 0.3) is 5.65 Å². The Morgan fingerprint density at radius 2 is 2.07 bits per heavy atom. The van der Waals surface area contributed by atoms with E-state index < -0.39 is 42.9 Å². The van der Waals surface area contributed by atoms with Crippen LogP contribution in [0.2, 0.25) is 0 Å². The van der Waals surface area contributed by atoms with Crippen LogP contribution in [0.15, 0.2) is 18.5 Å². The van der Waals surface area contributed by atoms with Crippen LogP contribution >= 0.6 is 0 Å². The second kappa shape index (κ2) is 7.03. The average Bonchev–Trinajstić information content (AvgIpc) is 3.30. The Balaban J connectivity index is 1.43. The molecular formula is C18H20F5N5O2. The Labute approximate surface area is 168 Å². The van der Waals surface area contributed by atoms with Gasteiger partial charge >= 0.3 is 12.2 Å². The number of alkyl halides is 5. The predicted molar refractivity (Wildman–Crippen MR) is 94.0 cm³/mol. The molecule has 4 rings (SSSR count). The van der Waals surface area contributed by atoms with E-state index in [0.717, 1.165) is 4.90 Å². The SMILES string of the molecule is CC(Cc1cn2ncc(CN3CC(F)(F)CNC3=O)cc2n1)OC1(C(F)(F)F)CC1. The summed E-state index contributed by atoms with van der Waals surface area (Å²) in [6.45, 7) is 0.100. The molecule has 1 atom stereocenters. The number of imidazole rings is 1. The van der Waals surface area contributed by atoms with Gasteiger partial charge in [0.1, 0.15) is 0 Å². The number of nitrogens with one attached hydrogen (secondary N) is 1. The second-order valence-electron chi connectivity index (χ2n) is 7.89. The number of halogens is 5. The molecule has 7 nitrogen and oxygen atoms in total. The van der Waals surface area contributed by atoms with Gasteiger partial charge in [0.25, 0.3) is 5.92 Å². The Morgan fingerprint density at radius 3 is 2.73 bits per heavy atom. The van der Waals surface area contributed by atoms with Crippen LogP contribution in [0.4, 0.5) is 26.7 Å². The van der Waals surface area contributed by atoms with E-state index in [1.807, 2.05) is 0 Å². The molecule has 1 saturated heterocycles. The van der Waals surface area contributed by atoms with Crippen molar-refractivity contribution in [3.63, 3.8) is 0 Å². The van der Waals surface area contributed by atoms with Crippen molar-refractivity contribution in [1.82, 2.24) is 24.8 Å². The van der Waals surface area contributed by atoms with Crippen molar-refractivity contribution in [1.29, 1.82) is 0 Å². The van der Waals surface area contributed by atoms with E-state index in [0.29, 0.717) is 16.9 Å². The summed E-state index contributed by atoms with van der Waals surface area (Å²) in [6.07, 6.45) is -2.00. The zero-order valence-corrected chi connectivity index (χ0v) is 16.0. The van der Waals surface area contributed by atoms with Gasteiger partial charge in [-0.05, 0) is 31.4 Å². The van der Waals surface area contributed by atoms with Gasteiger partial charge in [0, 0.05) is 13.0 Å². The van der Waals surface area contributed by atoms with E-state index >= 15 is 0 Å². The molecular weight excluding hydrogens is 413 g/mol. The minimum Gasteiger partial charge on any atom is -0.362 e. The predicted octanol–water partition coefficient (Wildman–Crippen LogP) is 2.93. The van der Waals surface area contributed by atoms with E-state index in [-0.39, 0.29) is 25.8 Å². The highest BCUT2D eigenvalue weighted by atomic mass is 19.4. The number of carbonyl (C=O) groups excluding carboxylic acids is 1. The smallest absolute Gasteiger partial charge is 0.362 e. The largest absolute Gasteiger partial charge is 0.417 e. The first-order chi connectivity index (χ1) is 14.0. The minimum atomic E-state index is -4.39. The van der Waals surface area contributed by atoms with Crippen LogP contribution in [0, 0.1) is 0 Å². The highest BCUT2D eigenvalue weighted by molar-refractivity contribution is 5.75. The number of urea groups is 1. The molecule has 2 aliphatic rings. The summed E-state index contributed by atoms with van der Waals surface area (Å²) < 4.78 is 72.9. The number of fused-ring (bicyclic) bond motifs is 1. The molecule has 0 bridgehead atoms. The van der Waals surface area contributed by atoms with E-state index in [4.69, 9.17) is 4.74 Å². The lowest BCUT2D eigenvalue weighted by atomic mass is 10.2. The summed E-state index contributed by atoms with van der Waals surface area (Å²) in [7, 11) is 0. The Kier molecular flexibility index (Phi) is 4.87. The van der Waals surface area contributed by atoms with Crippen molar-refractivity contribution < 1.29 is 31.5 Å². The molecule has 1 saturated carbocycles. The minimum absolute atomic E-state index is 0.0416. The first kappa shape index (κ1) is 20.8. The van der Waals surface area contributed by atoms with Crippen LogP contribution < -0.4 is 5.32 Å². The van der Waals surface area contributed by atoms with Gasteiger partial charge in [-0.25, -0.2) is 23.1 Å². The molecule has 3 heterocycles. The molecule has 0 radical (unpaired) electrons. The van der Waals surface area contributed by atoms with E-state index in [2.05, 4.69) is 15.4 Å². The van der Waals surface area contributed by atoms with Crippen LogP contribution in [-0.4, -0.2) is 62.4 Å². The zero-order chi connectivity index (χ0) is 21.7. The quantitative estimate of drug-likeness (QED) is 0.712. The first-order valence-electron chi connectivity index (χ1n) is 9.45. The monoisotopic (exact) mass is 433 g/mol. The van der Waals surface area contributed by atoms with Crippen LogP contribution in [0.1, 0.15) is 31.0 Å². The van der Waals surface area contributed by atoms with Gasteiger partial charge in [-0.2, -0.15) is 18.3 Å². The molecule has 1 aliphatic heterocycles. The molecule has 1 aliphatic carbocycles. The van der Waals surface area contributed by atoms with Gasteiger partial charge in [0.05, 0.1) is 37.3 Å². The number of aromatic nitrogens is 3. The fourth-order valence-corrected chi connectivity index (χ4v) is 3.52. The lowest BCUT2D eigenvalue weighted by molar-refractivity contribution is -0.246. The Hall–Kier alpha value is -2.50. The van der Waals surface area contributed by atoms with E-state index in [9.17, 15) is 26.7 Å². The summed E-state index contributed by atoms with van der Waals surface area (Å²) in [6, 6.07) is 1.01. The van der Waals surface area contributed by atoms with Crippen molar-refractivity contribution >= 4 is 11.7 Å². The summed E-state index contributed by atoms with van der Waals surface area (Å²) >= 11 is 0. The summed E-state index contributed by atoms with van der Waals surface area (Å²) in [5.41, 5.74) is -0.650. The maximum Gasteiger partial charge on any atom is 0.417 e. The molecule has 2 fully saturated rings. The topological polar surface area (TPSA) is 71.8 Å². The third kappa shape index (κ3) is 4.18. The molecule has 30 heavy (non-hydrogen) atoms. The maximum absolute atomic E-state index is 13.5. The number of hydrogen-bond donors (Lipinski definition) is 1. The second-order valence-corrected chi connectivity index (χ2v) is 7.89. The molecule has 1 N–H and O–H groups in total. The highest BCUT2D eigenvalue weighted by Gasteiger charge is 2.65. The third-order valence-corrected chi connectivity index (χ3v) is 5.15. The number of hydrogen-bond acceptors (Lipinski definition) is 4. The van der Waals surface area contributed by atoms with Gasteiger partial charge in [-0.1, -0.05) is 0 Å². The fraction of sp³-hybridized carbons (Fsp3) is 0.611. The number of carbonyl (C=O) groups is 1. The van der Waals surface area contributed by atoms with Crippen LogP contribution in [0.3, 0.4) is 0 Å². The van der Waals surface area contributed by atoms with Crippen LogP contribution in [-0.2, 0) is 17.7 Å². The van der Waals surface area contributed by atoms with Crippen molar-refractivity contribution in [3.05, 3.63) is 29.7 Å². The normalized spacial score (nSPS) is 21.5. The molecule has 164 valence electrons. The lowest BCUT2D eigenvalue weighted by Crippen LogP contribution is -2.56. The summed E-state index contributed by atoms with van der Waals surface area (Å²) in [5.74, 6) is -3.02. The summed E-state index contributed by atoms with van der Waals surface area (Å²) in [5, 5.41) is 6.29. The van der Waals surface area contributed by atoms with Crippen molar-refractivity contribution in [2.24, 2.45) is 0 Å². The zero-order valence-electron chi connectivity index (χ0n) is 16.0. The van der Waals surface area contributed by atoms with Gasteiger partial charge < -0.3 is 15.0 Å². The Morgan fingerprint density at radius 1 is 1.33 bits per heavy atom. The fourth-order valence-electron chi connectivity index (χ4n) is 3.52. The molecule has 2 aromatic heterocycles. The van der Waals surface area contributed by atoms with Crippen molar-refractivity contribution in [2.75, 3.05) is 13.1 Å². The molecule has 2 amide bonds. The number of nitrogens with zero attached hydrogens (tertiary/aromatic N) is 4.